The van der Waals surface area contributed by atoms with Crippen LogP contribution >= 0.6 is 0 Å². The third-order valence-corrected chi connectivity index (χ3v) is 11.6. The predicted octanol–water partition coefficient (Wildman–Crippen LogP) is -4.52. The van der Waals surface area contributed by atoms with E-state index in [1.807, 2.05) is 6.92 Å². The van der Waals surface area contributed by atoms with E-state index in [0.717, 1.165) is 0 Å². The molecule has 1 saturated carbocycles. The van der Waals surface area contributed by atoms with E-state index in [9.17, 15) is 62.6 Å². The Kier molecular flexibility index (Phi) is 22.3. The Morgan fingerprint density at radius 1 is 0.725 bits per heavy atom. The number of primary amides is 3. The quantitative estimate of drug-likeness (QED) is 0.0587. The molecule has 380 valence electrons. The molecule has 1 aromatic carbocycles. The average Bonchev–Trinajstić information content (AvgIpc) is 4.08. The van der Waals surface area contributed by atoms with Crippen LogP contribution in [0.3, 0.4) is 0 Å². The van der Waals surface area contributed by atoms with Crippen LogP contribution in [0.15, 0.2) is 24.3 Å². The number of nitrogens with two attached hydrogens (primary N) is 3. The molecule has 25 nitrogen and oxygen atoms in total. The van der Waals surface area contributed by atoms with Crippen molar-refractivity contribution in [1.29, 1.82) is 0 Å². The normalized spacial score (nSPS) is 23.7. The maximum absolute atomic E-state index is 14.0. The molecule has 12 amide bonds. The summed E-state index contributed by atoms with van der Waals surface area (Å²) in [7, 11) is 0. The topological polar surface area (TPSA) is 411 Å². The molecule has 1 aliphatic heterocycles. The standard InChI is InChI=1S/C44H66N12O13/c1-4-6-27(39(64)50-21-34(47)60)52-38(63)26-18-24(26)15-16-48-40(65)31-20-49-35(61)13-14-36(62)51-29(17-23-7-9-25(57)10-8-23)43(68)56-37(22(3)5-2)44(69)53-28(11-12-32(45)58)41(66)54-30(19-33(46)59)42(67)55-31/h7-10,22,24,26-31,37,57H,4-6,11-21H2,1-3H3,(H2,45,58)(H2,46,59)(H2,47,60)(H,48,65)(H,49,61)(H,50,64)(H,51,62)(H,52,63)(H,53,69)(H,54,66)(H,55,67)(H,56,68)/t22-,24?,26-,27-,28-,29-,30-,31-,37-/m0/s1. The Bertz CT molecular complexity index is 2070. The predicted molar refractivity (Wildman–Crippen MR) is 244 cm³/mol. The Morgan fingerprint density at radius 3 is 1.99 bits per heavy atom. The van der Waals surface area contributed by atoms with Crippen LogP contribution in [-0.4, -0.2) is 132 Å². The molecule has 1 aromatic rings. The number of carbonyl (C=O) groups excluding carboxylic acids is 12. The maximum Gasteiger partial charge on any atom is 0.244 e. The van der Waals surface area contributed by atoms with Gasteiger partial charge in [-0.3, -0.25) is 57.5 Å². The molecule has 9 atom stereocenters. The number of hydrogen-bond donors (Lipinski definition) is 13. The molecule has 69 heavy (non-hydrogen) atoms. The first-order valence-electron chi connectivity index (χ1n) is 22.9. The van der Waals surface area contributed by atoms with Gasteiger partial charge in [0.05, 0.1) is 13.0 Å². The Labute approximate surface area is 398 Å². The SMILES string of the molecule is CCC[C@H](NC(=O)[C@H]1CC1CCNC(=O)[C@@H]1CNC(=O)CCC(=O)N[C@@H](Cc2ccc(O)cc2)C(=O)N[C@@H]([C@@H](C)CC)C(=O)N[C@@H](CCC(N)=O)C(=O)N[C@@H](CC(N)=O)C(=O)N1)C(=O)NCC(N)=O. The zero-order chi connectivity index (χ0) is 51.4. The van der Waals surface area contributed by atoms with Crippen LogP contribution in [-0.2, 0) is 64.0 Å². The molecular formula is C44H66N12O13. The van der Waals surface area contributed by atoms with Gasteiger partial charge in [0, 0.05) is 44.7 Å². The van der Waals surface area contributed by atoms with Gasteiger partial charge in [0.25, 0.3) is 0 Å². The van der Waals surface area contributed by atoms with Crippen molar-refractivity contribution in [1.82, 2.24) is 47.9 Å². The molecule has 0 aromatic heterocycles. The van der Waals surface area contributed by atoms with Crippen LogP contribution in [0, 0.1) is 17.8 Å². The molecule has 3 rings (SSSR count). The number of hydrogen-bond acceptors (Lipinski definition) is 13. The van der Waals surface area contributed by atoms with Gasteiger partial charge in [-0.2, -0.15) is 0 Å². The van der Waals surface area contributed by atoms with Crippen molar-refractivity contribution in [2.24, 2.45) is 35.0 Å². The van der Waals surface area contributed by atoms with Crippen LogP contribution in [0.5, 0.6) is 5.75 Å². The van der Waals surface area contributed by atoms with Crippen LogP contribution in [0.25, 0.3) is 0 Å². The summed E-state index contributed by atoms with van der Waals surface area (Å²) in [6, 6.07) is -2.70. The molecule has 1 unspecified atom stereocenters. The number of phenolic OH excluding ortho intramolecular Hbond substituents is 1. The van der Waals surface area contributed by atoms with E-state index in [1.54, 1.807) is 13.8 Å². The highest BCUT2D eigenvalue weighted by Crippen LogP contribution is 2.41. The van der Waals surface area contributed by atoms with Gasteiger partial charge in [-0.05, 0) is 55.2 Å². The molecule has 25 heteroatoms. The van der Waals surface area contributed by atoms with Crippen molar-refractivity contribution >= 4 is 70.9 Å². The lowest BCUT2D eigenvalue weighted by molar-refractivity contribution is -0.136. The van der Waals surface area contributed by atoms with Gasteiger partial charge < -0.3 is 70.2 Å². The first kappa shape index (κ1) is 56.0. The number of rotatable bonds is 20. The second-order valence-electron chi connectivity index (χ2n) is 17.2. The number of phenols is 1. The van der Waals surface area contributed by atoms with E-state index in [4.69, 9.17) is 17.2 Å². The molecule has 0 bridgehead atoms. The lowest BCUT2D eigenvalue weighted by Gasteiger charge is -2.29. The van der Waals surface area contributed by atoms with Gasteiger partial charge in [0.15, 0.2) is 0 Å². The number of carbonyl (C=O) groups is 12. The van der Waals surface area contributed by atoms with Crippen molar-refractivity contribution in [3.63, 3.8) is 0 Å². The minimum atomic E-state index is -1.77. The second-order valence-corrected chi connectivity index (χ2v) is 17.2. The highest BCUT2D eigenvalue weighted by molar-refractivity contribution is 5.98. The summed E-state index contributed by atoms with van der Waals surface area (Å²) < 4.78 is 0. The highest BCUT2D eigenvalue weighted by Gasteiger charge is 2.43. The van der Waals surface area contributed by atoms with E-state index < -0.39 is 164 Å². The fourth-order valence-electron chi connectivity index (χ4n) is 7.34. The van der Waals surface area contributed by atoms with E-state index in [0.29, 0.717) is 31.2 Å². The molecule has 2 fully saturated rings. The van der Waals surface area contributed by atoms with Crippen molar-refractivity contribution in [3.05, 3.63) is 29.8 Å². The molecule has 0 spiro atoms. The van der Waals surface area contributed by atoms with Gasteiger partial charge in [0.1, 0.15) is 42.0 Å². The lowest BCUT2D eigenvalue weighted by Crippen LogP contribution is -2.61. The van der Waals surface area contributed by atoms with Gasteiger partial charge in [-0.15, -0.1) is 0 Å². The molecule has 0 radical (unpaired) electrons. The van der Waals surface area contributed by atoms with Crippen LogP contribution in [0.1, 0.15) is 90.5 Å². The monoisotopic (exact) mass is 970 g/mol. The summed E-state index contributed by atoms with van der Waals surface area (Å²) in [4.78, 5) is 156. The van der Waals surface area contributed by atoms with Gasteiger partial charge in [0.2, 0.25) is 70.9 Å². The smallest absolute Gasteiger partial charge is 0.244 e. The molecule has 1 aliphatic carbocycles. The Balaban J connectivity index is 1.88. The summed E-state index contributed by atoms with van der Waals surface area (Å²) in [5.74, 6) is -11.2. The maximum atomic E-state index is 14.0. The van der Waals surface area contributed by atoms with E-state index in [1.165, 1.54) is 24.3 Å². The summed E-state index contributed by atoms with van der Waals surface area (Å²) >= 11 is 0. The van der Waals surface area contributed by atoms with Crippen molar-refractivity contribution in [2.75, 3.05) is 19.6 Å². The van der Waals surface area contributed by atoms with Crippen molar-refractivity contribution < 1.29 is 62.6 Å². The fraction of sp³-hybridized carbons (Fsp3) is 0.591. The van der Waals surface area contributed by atoms with E-state index >= 15 is 0 Å². The third-order valence-electron chi connectivity index (χ3n) is 11.6. The summed E-state index contributed by atoms with van der Waals surface area (Å²) in [6.45, 7) is 4.19. The van der Waals surface area contributed by atoms with Crippen molar-refractivity contribution in [3.8, 4) is 5.75 Å². The Hall–Kier alpha value is -7.34. The molecular weight excluding hydrogens is 905 g/mol. The molecule has 1 heterocycles. The second kappa shape index (κ2) is 27.5. The van der Waals surface area contributed by atoms with E-state index in [-0.39, 0.29) is 31.1 Å². The highest BCUT2D eigenvalue weighted by atomic mass is 16.3. The number of nitrogens with one attached hydrogen (secondary N) is 9. The Morgan fingerprint density at radius 2 is 1.36 bits per heavy atom. The van der Waals surface area contributed by atoms with E-state index in [2.05, 4.69) is 47.9 Å². The van der Waals surface area contributed by atoms with Gasteiger partial charge in [-0.25, -0.2) is 0 Å². The molecule has 16 N–H and O–H groups in total. The lowest BCUT2D eigenvalue weighted by atomic mass is 9.96. The third kappa shape index (κ3) is 19.4. The van der Waals surface area contributed by atoms with Crippen molar-refractivity contribution in [2.45, 2.75) is 128 Å². The zero-order valence-electron chi connectivity index (χ0n) is 39.0. The summed E-state index contributed by atoms with van der Waals surface area (Å²) in [6.07, 6.45) is -0.773. The van der Waals surface area contributed by atoms with Crippen LogP contribution < -0.4 is 65.1 Å². The van der Waals surface area contributed by atoms with Gasteiger partial charge >= 0.3 is 0 Å². The van der Waals surface area contributed by atoms with Crippen LogP contribution in [0.2, 0.25) is 0 Å². The first-order valence-corrected chi connectivity index (χ1v) is 22.9. The summed E-state index contributed by atoms with van der Waals surface area (Å²) in [5, 5.41) is 32.4. The minimum Gasteiger partial charge on any atom is -0.508 e. The number of amides is 12. The number of aromatic hydroxyl groups is 1. The summed E-state index contributed by atoms with van der Waals surface area (Å²) in [5.41, 5.74) is 16.4. The first-order chi connectivity index (χ1) is 32.6. The zero-order valence-corrected chi connectivity index (χ0v) is 39.0. The average molecular weight is 971 g/mol. The largest absolute Gasteiger partial charge is 0.508 e. The minimum absolute atomic E-state index is 0.0233. The molecule has 1 saturated heterocycles. The molecule has 2 aliphatic rings. The number of benzene rings is 1. The van der Waals surface area contributed by atoms with Gasteiger partial charge in [-0.1, -0.05) is 45.7 Å². The fourth-order valence-corrected chi connectivity index (χ4v) is 7.34. The van der Waals surface area contributed by atoms with Crippen LogP contribution in [0.4, 0.5) is 0 Å².